The molecule has 2 atom stereocenters. The van der Waals surface area contributed by atoms with Gasteiger partial charge in [0.25, 0.3) is 0 Å². The standard InChI is InChI=1S/C13H21NO4/c1-5-9-7-6-8-10(11(15)16)14(9)12(17)18-13(2,3)4/h5,9-10H,1,6-8H2,2-4H3,(H,15,16)/t9-,10-/m0/s1. The van der Waals surface area contributed by atoms with Gasteiger partial charge in [-0.3, -0.25) is 4.90 Å². The van der Waals surface area contributed by atoms with Gasteiger partial charge >= 0.3 is 12.1 Å². The lowest BCUT2D eigenvalue weighted by molar-refractivity contribution is -0.145. The fraction of sp³-hybridized carbons (Fsp3) is 0.692. The summed E-state index contributed by atoms with van der Waals surface area (Å²) in [5.41, 5.74) is -0.636. The molecule has 0 unspecified atom stereocenters. The quantitative estimate of drug-likeness (QED) is 0.769. The highest BCUT2D eigenvalue weighted by atomic mass is 16.6. The van der Waals surface area contributed by atoms with Crippen molar-refractivity contribution >= 4 is 12.1 Å². The van der Waals surface area contributed by atoms with Gasteiger partial charge in [0.1, 0.15) is 11.6 Å². The molecule has 1 saturated heterocycles. The largest absolute Gasteiger partial charge is 0.480 e. The molecule has 1 N–H and O–H groups in total. The highest BCUT2D eigenvalue weighted by Crippen LogP contribution is 2.26. The molecule has 5 nitrogen and oxygen atoms in total. The van der Waals surface area contributed by atoms with Gasteiger partial charge in [0, 0.05) is 0 Å². The summed E-state index contributed by atoms with van der Waals surface area (Å²) in [4.78, 5) is 24.6. The van der Waals surface area contributed by atoms with Crippen molar-refractivity contribution in [1.82, 2.24) is 4.90 Å². The summed E-state index contributed by atoms with van der Waals surface area (Å²) >= 11 is 0. The summed E-state index contributed by atoms with van der Waals surface area (Å²) in [7, 11) is 0. The zero-order valence-electron chi connectivity index (χ0n) is 11.2. The maximum absolute atomic E-state index is 12.1. The second kappa shape index (κ2) is 5.42. The Bertz CT molecular complexity index is 345. The first-order valence-electron chi connectivity index (χ1n) is 6.13. The van der Waals surface area contributed by atoms with Crippen LogP contribution in [0.1, 0.15) is 40.0 Å². The third-order valence-electron chi connectivity index (χ3n) is 2.83. The van der Waals surface area contributed by atoms with Crippen molar-refractivity contribution in [2.75, 3.05) is 0 Å². The van der Waals surface area contributed by atoms with Gasteiger partial charge < -0.3 is 9.84 Å². The Labute approximate surface area is 107 Å². The van der Waals surface area contributed by atoms with Crippen molar-refractivity contribution in [2.24, 2.45) is 0 Å². The van der Waals surface area contributed by atoms with Crippen molar-refractivity contribution in [3.05, 3.63) is 12.7 Å². The first-order valence-corrected chi connectivity index (χ1v) is 6.13. The number of nitrogens with zero attached hydrogens (tertiary/aromatic N) is 1. The van der Waals surface area contributed by atoms with Gasteiger partial charge in [0.05, 0.1) is 6.04 Å². The second-order valence-corrected chi connectivity index (χ2v) is 5.48. The van der Waals surface area contributed by atoms with Crippen LogP contribution in [0.25, 0.3) is 0 Å². The molecule has 1 aliphatic heterocycles. The van der Waals surface area contributed by atoms with E-state index in [1.807, 2.05) is 0 Å². The van der Waals surface area contributed by atoms with Gasteiger partial charge in [-0.05, 0) is 40.0 Å². The van der Waals surface area contributed by atoms with E-state index in [4.69, 9.17) is 4.74 Å². The molecular weight excluding hydrogens is 234 g/mol. The van der Waals surface area contributed by atoms with E-state index in [2.05, 4.69) is 6.58 Å². The van der Waals surface area contributed by atoms with Crippen molar-refractivity contribution < 1.29 is 19.4 Å². The van der Waals surface area contributed by atoms with Crippen molar-refractivity contribution in [1.29, 1.82) is 0 Å². The van der Waals surface area contributed by atoms with Crippen LogP contribution in [0.2, 0.25) is 0 Å². The third kappa shape index (κ3) is 3.48. The van der Waals surface area contributed by atoms with E-state index in [9.17, 15) is 14.7 Å². The number of carbonyl (C=O) groups is 2. The Balaban J connectivity index is 2.91. The summed E-state index contributed by atoms with van der Waals surface area (Å²) in [5, 5.41) is 9.19. The zero-order chi connectivity index (χ0) is 13.9. The van der Waals surface area contributed by atoms with Crippen LogP contribution >= 0.6 is 0 Å². The molecule has 0 bridgehead atoms. The van der Waals surface area contributed by atoms with Crippen molar-refractivity contribution in [2.45, 2.75) is 57.7 Å². The van der Waals surface area contributed by atoms with Crippen molar-refractivity contribution in [3.8, 4) is 0 Å². The molecule has 1 fully saturated rings. The van der Waals surface area contributed by atoms with Crippen LogP contribution < -0.4 is 0 Å². The molecule has 1 rings (SSSR count). The third-order valence-corrected chi connectivity index (χ3v) is 2.83. The average molecular weight is 255 g/mol. The van der Waals surface area contributed by atoms with Gasteiger partial charge in [0.15, 0.2) is 0 Å². The summed E-state index contributed by atoms with van der Waals surface area (Å²) in [6.07, 6.45) is 2.98. The zero-order valence-corrected chi connectivity index (χ0v) is 11.2. The maximum Gasteiger partial charge on any atom is 0.411 e. The van der Waals surface area contributed by atoms with Crippen LogP contribution in [0.5, 0.6) is 0 Å². The first-order chi connectivity index (χ1) is 8.26. The average Bonchev–Trinajstić information content (AvgIpc) is 2.25. The number of ether oxygens (including phenoxy) is 1. The van der Waals surface area contributed by atoms with E-state index in [0.717, 1.165) is 12.8 Å². The molecule has 5 heteroatoms. The Morgan fingerprint density at radius 1 is 1.39 bits per heavy atom. The van der Waals surface area contributed by atoms with Crippen LogP contribution in [-0.4, -0.2) is 39.8 Å². The minimum Gasteiger partial charge on any atom is -0.480 e. The molecule has 0 aromatic rings. The monoisotopic (exact) mass is 255 g/mol. The van der Waals surface area contributed by atoms with Gasteiger partial charge in [-0.15, -0.1) is 6.58 Å². The Kier molecular flexibility index (Phi) is 4.38. The smallest absolute Gasteiger partial charge is 0.411 e. The number of rotatable bonds is 2. The summed E-state index contributed by atoms with van der Waals surface area (Å²) < 4.78 is 5.27. The predicted molar refractivity (Wildman–Crippen MR) is 67.3 cm³/mol. The summed E-state index contributed by atoms with van der Waals surface area (Å²) in [5.74, 6) is -0.993. The molecule has 0 aromatic carbocycles. The topological polar surface area (TPSA) is 66.8 Å². The lowest BCUT2D eigenvalue weighted by Crippen LogP contribution is -2.54. The van der Waals surface area contributed by atoms with Crippen LogP contribution in [-0.2, 0) is 9.53 Å². The molecule has 1 aliphatic rings. The van der Waals surface area contributed by atoms with Crippen molar-refractivity contribution in [3.63, 3.8) is 0 Å². The number of aliphatic carboxylic acids is 1. The molecule has 0 aliphatic carbocycles. The number of carboxylic acid groups (broad SMARTS) is 1. The maximum atomic E-state index is 12.1. The molecule has 0 spiro atoms. The number of carbonyl (C=O) groups excluding carboxylic acids is 1. The summed E-state index contributed by atoms with van der Waals surface area (Å²) in [6, 6.07) is -1.09. The number of hydrogen-bond acceptors (Lipinski definition) is 3. The SMILES string of the molecule is C=C[C@H]1CCC[C@@H](C(=O)O)N1C(=O)OC(C)(C)C. The second-order valence-electron chi connectivity index (χ2n) is 5.48. The highest BCUT2D eigenvalue weighted by Gasteiger charge is 2.39. The van der Waals surface area contributed by atoms with E-state index >= 15 is 0 Å². The number of piperidine rings is 1. The minimum absolute atomic E-state index is 0.269. The molecule has 1 heterocycles. The molecule has 1 amide bonds. The lowest BCUT2D eigenvalue weighted by atomic mass is 9.96. The Hall–Kier alpha value is -1.52. The van der Waals surface area contributed by atoms with Gasteiger partial charge in [-0.25, -0.2) is 9.59 Å². The fourth-order valence-corrected chi connectivity index (χ4v) is 2.08. The van der Waals surface area contributed by atoms with Gasteiger partial charge in [-0.2, -0.15) is 0 Å². The van der Waals surface area contributed by atoms with Gasteiger partial charge in [0.2, 0.25) is 0 Å². The molecule has 102 valence electrons. The van der Waals surface area contributed by atoms with Crippen LogP contribution in [0.3, 0.4) is 0 Å². The Morgan fingerprint density at radius 3 is 2.44 bits per heavy atom. The highest BCUT2D eigenvalue weighted by molar-refractivity contribution is 5.80. The molecule has 0 radical (unpaired) electrons. The number of likely N-dealkylation sites (tertiary alicyclic amines) is 1. The van der Waals surface area contributed by atoms with Crippen LogP contribution in [0, 0.1) is 0 Å². The molecule has 0 aromatic heterocycles. The lowest BCUT2D eigenvalue weighted by Gasteiger charge is -2.39. The minimum atomic E-state index is -0.993. The van der Waals surface area contributed by atoms with Gasteiger partial charge in [-0.1, -0.05) is 6.08 Å². The number of hydrogen-bond donors (Lipinski definition) is 1. The van der Waals surface area contributed by atoms with E-state index < -0.39 is 23.7 Å². The Morgan fingerprint density at radius 2 is 2.00 bits per heavy atom. The fourth-order valence-electron chi connectivity index (χ4n) is 2.08. The van der Waals surface area contributed by atoms with E-state index in [-0.39, 0.29) is 6.04 Å². The van der Waals surface area contributed by atoms with E-state index in [1.54, 1.807) is 26.8 Å². The van der Waals surface area contributed by atoms with Crippen LogP contribution in [0.15, 0.2) is 12.7 Å². The first kappa shape index (κ1) is 14.5. The number of carboxylic acids is 1. The van der Waals surface area contributed by atoms with Crippen LogP contribution in [0.4, 0.5) is 4.79 Å². The summed E-state index contributed by atoms with van der Waals surface area (Å²) in [6.45, 7) is 8.94. The van der Waals surface area contributed by atoms with E-state index in [1.165, 1.54) is 4.90 Å². The normalized spacial score (nSPS) is 24.5. The molecule has 18 heavy (non-hydrogen) atoms. The predicted octanol–water partition coefficient (Wildman–Crippen LogP) is 2.42. The van der Waals surface area contributed by atoms with E-state index in [0.29, 0.717) is 6.42 Å². The molecule has 0 saturated carbocycles. The molecular formula is C13H21NO4. The number of amides is 1.